The van der Waals surface area contributed by atoms with Gasteiger partial charge in [0.05, 0.1) is 6.54 Å². The molecule has 0 spiro atoms. The normalized spacial score (nSPS) is 17.5. The fourth-order valence-electron chi connectivity index (χ4n) is 2.52. The Kier molecular flexibility index (Phi) is 4.53. The van der Waals surface area contributed by atoms with Gasteiger partial charge in [0.25, 0.3) is 0 Å². The van der Waals surface area contributed by atoms with Crippen LogP contribution in [-0.4, -0.2) is 47.1 Å². The Balaban J connectivity index is 1.50. The number of nitrogens with zero attached hydrogens (tertiary/aromatic N) is 4. The molecular formula is C15H19N5OS. The van der Waals surface area contributed by atoms with Crippen LogP contribution in [0, 0.1) is 0 Å². The number of hydrogen-bond donors (Lipinski definition) is 1. The fraction of sp³-hybridized carbons (Fsp3) is 0.400. The minimum Gasteiger partial charge on any atom is -0.354 e. The summed E-state index contributed by atoms with van der Waals surface area (Å²) in [6.45, 7) is 2.26. The predicted octanol–water partition coefficient (Wildman–Crippen LogP) is 1.96. The molecule has 1 aliphatic heterocycles. The van der Waals surface area contributed by atoms with Crippen molar-refractivity contribution in [3.05, 3.63) is 41.0 Å². The zero-order valence-corrected chi connectivity index (χ0v) is 13.3. The van der Waals surface area contributed by atoms with Crippen molar-refractivity contribution in [1.82, 2.24) is 20.2 Å². The van der Waals surface area contributed by atoms with Crippen LogP contribution < -0.4 is 10.2 Å². The average molecular weight is 317 g/mol. The summed E-state index contributed by atoms with van der Waals surface area (Å²) in [7, 11) is 1.79. The molecule has 1 atom stereocenters. The zero-order valence-electron chi connectivity index (χ0n) is 12.5. The molecule has 1 fully saturated rings. The van der Waals surface area contributed by atoms with Gasteiger partial charge in [0.15, 0.2) is 0 Å². The lowest BCUT2D eigenvalue weighted by atomic mass is 10.3. The number of pyridine rings is 1. The molecule has 7 heteroatoms. The van der Waals surface area contributed by atoms with Crippen LogP contribution in [0.5, 0.6) is 0 Å². The van der Waals surface area contributed by atoms with E-state index in [-0.39, 0.29) is 12.1 Å². The number of carbonyl (C=O) groups excluding carboxylic acids is 1. The lowest BCUT2D eigenvalue weighted by Gasteiger charge is -2.21. The summed E-state index contributed by atoms with van der Waals surface area (Å²) in [6, 6.07) is 6.00. The SMILES string of the molecule is CN(Cc1nccs1)C(=O)NC1CCN(c2ccccn2)C1. The third-order valence-electron chi connectivity index (χ3n) is 3.69. The van der Waals surface area contributed by atoms with Gasteiger partial charge in [0.1, 0.15) is 10.8 Å². The summed E-state index contributed by atoms with van der Waals surface area (Å²) in [5, 5.41) is 5.95. The van der Waals surface area contributed by atoms with Gasteiger partial charge >= 0.3 is 6.03 Å². The van der Waals surface area contributed by atoms with Crippen molar-refractivity contribution in [2.45, 2.75) is 19.0 Å². The Labute approximate surface area is 133 Å². The molecule has 1 N–H and O–H groups in total. The quantitative estimate of drug-likeness (QED) is 0.936. The monoisotopic (exact) mass is 317 g/mol. The number of nitrogens with one attached hydrogen (secondary N) is 1. The van der Waals surface area contributed by atoms with E-state index in [0.29, 0.717) is 6.54 Å². The van der Waals surface area contributed by atoms with Crippen LogP contribution in [0.3, 0.4) is 0 Å². The Morgan fingerprint density at radius 1 is 1.45 bits per heavy atom. The molecule has 1 aliphatic rings. The van der Waals surface area contributed by atoms with Gasteiger partial charge in [-0.05, 0) is 18.6 Å². The summed E-state index contributed by atoms with van der Waals surface area (Å²) < 4.78 is 0. The maximum absolute atomic E-state index is 12.2. The van der Waals surface area contributed by atoms with E-state index in [0.717, 1.165) is 30.3 Å². The van der Waals surface area contributed by atoms with Crippen LogP contribution in [0.15, 0.2) is 36.0 Å². The third-order valence-corrected chi connectivity index (χ3v) is 4.46. The number of anilines is 1. The van der Waals surface area contributed by atoms with Crippen LogP contribution in [0.1, 0.15) is 11.4 Å². The molecule has 6 nitrogen and oxygen atoms in total. The first kappa shape index (κ1) is 14.8. The lowest BCUT2D eigenvalue weighted by Crippen LogP contribution is -2.44. The van der Waals surface area contributed by atoms with Crippen LogP contribution >= 0.6 is 11.3 Å². The van der Waals surface area contributed by atoms with Gasteiger partial charge in [-0.3, -0.25) is 0 Å². The smallest absolute Gasteiger partial charge is 0.317 e. The Bertz CT molecular complexity index is 604. The number of rotatable bonds is 4. The van der Waals surface area contributed by atoms with Gasteiger partial charge in [0.2, 0.25) is 0 Å². The molecule has 0 radical (unpaired) electrons. The highest BCUT2D eigenvalue weighted by atomic mass is 32.1. The number of hydrogen-bond acceptors (Lipinski definition) is 5. The van der Waals surface area contributed by atoms with Gasteiger partial charge in [0, 0.05) is 44.0 Å². The van der Waals surface area contributed by atoms with E-state index >= 15 is 0 Å². The lowest BCUT2D eigenvalue weighted by molar-refractivity contribution is 0.203. The summed E-state index contributed by atoms with van der Waals surface area (Å²) in [5.74, 6) is 0.968. The zero-order chi connectivity index (χ0) is 15.4. The Hall–Kier alpha value is -2.15. The van der Waals surface area contributed by atoms with Crippen molar-refractivity contribution in [2.75, 3.05) is 25.0 Å². The number of amides is 2. The molecule has 2 aromatic heterocycles. The number of urea groups is 1. The van der Waals surface area contributed by atoms with Crippen LogP contribution in [0.25, 0.3) is 0 Å². The van der Waals surface area contributed by atoms with E-state index in [9.17, 15) is 4.79 Å². The standard InChI is InChI=1S/C15H19N5OS/c1-19(11-14-17-7-9-22-14)15(21)18-12-5-8-20(10-12)13-4-2-3-6-16-13/h2-4,6-7,9,12H,5,8,10-11H2,1H3,(H,18,21). The van der Waals surface area contributed by atoms with Gasteiger partial charge in [-0.25, -0.2) is 14.8 Å². The molecule has 2 amide bonds. The first-order valence-corrected chi connectivity index (χ1v) is 8.16. The van der Waals surface area contributed by atoms with E-state index in [4.69, 9.17) is 0 Å². The minimum atomic E-state index is -0.0527. The Morgan fingerprint density at radius 2 is 2.36 bits per heavy atom. The molecule has 22 heavy (non-hydrogen) atoms. The number of thiazole rings is 1. The molecule has 1 saturated heterocycles. The Morgan fingerprint density at radius 3 is 3.09 bits per heavy atom. The molecule has 2 aromatic rings. The predicted molar refractivity (Wildman–Crippen MR) is 87.0 cm³/mol. The molecular weight excluding hydrogens is 298 g/mol. The van der Waals surface area contributed by atoms with Gasteiger partial charge < -0.3 is 15.1 Å². The van der Waals surface area contributed by atoms with Crippen molar-refractivity contribution < 1.29 is 4.79 Å². The summed E-state index contributed by atoms with van der Waals surface area (Å²) in [4.78, 5) is 24.7. The highest BCUT2D eigenvalue weighted by Gasteiger charge is 2.25. The van der Waals surface area contributed by atoms with E-state index < -0.39 is 0 Å². The van der Waals surface area contributed by atoms with Gasteiger partial charge in [-0.1, -0.05) is 6.07 Å². The van der Waals surface area contributed by atoms with Crippen LogP contribution in [0.2, 0.25) is 0 Å². The van der Waals surface area contributed by atoms with E-state index in [1.165, 1.54) is 0 Å². The second-order valence-electron chi connectivity index (χ2n) is 5.35. The maximum atomic E-state index is 12.2. The number of aromatic nitrogens is 2. The molecule has 0 saturated carbocycles. The largest absolute Gasteiger partial charge is 0.354 e. The summed E-state index contributed by atoms with van der Waals surface area (Å²) in [5.41, 5.74) is 0. The van der Waals surface area contributed by atoms with Crippen molar-refractivity contribution in [3.63, 3.8) is 0 Å². The van der Waals surface area contributed by atoms with Crippen LogP contribution in [-0.2, 0) is 6.54 Å². The second-order valence-corrected chi connectivity index (χ2v) is 6.33. The minimum absolute atomic E-state index is 0.0527. The third kappa shape index (κ3) is 3.54. The first-order chi connectivity index (χ1) is 10.7. The highest BCUT2D eigenvalue weighted by Crippen LogP contribution is 2.17. The van der Waals surface area contributed by atoms with Gasteiger partial charge in [-0.2, -0.15) is 0 Å². The van der Waals surface area contributed by atoms with E-state index in [2.05, 4.69) is 20.2 Å². The molecule has 116 valence electrons. The molecule has 3 heterocycles. The molecule has 0 bridgehead atoms. The fourth-order valence-corrected chi connectivity index (χ4v) is 3.19. The van der Waals surface area contributed by atoms with Crippen molar-refractivity contribution in [2.24, 2.45) is 0 Å². The average Bonchev–Trinajstić information content (AvgIpc) is 3.20. The van der Waals surface area contributed by atoms with Crippen molar-refractivity contribution in [1.29, 1.82) is 0 Å². The molecule has 3 rings (SSSR count). The van der Waals surface area contributed by atoms with E-state index in [1.807, 2.05) is 23.6 Å². The first-order valence-electron chi connectivity index (χ1n) is 7.28. The summed E-state index contributed by atoms with van der Waals surface area (Å²) in [6.07, 6.45) is 4.49. The van der Waals surface area contributed by atoms with E-state index in [1.54, 1.807) is 35.7 Å². The second kappa shape index (κ2) is 6.74. The van der Waals surface area contributed by atoms with Crippen molar-refractivity contribution in [3.8, 4) is 0 Å². The molecule has 0 aromatic carbocycles. The number of carbonyl (C=O) groups is 1. The molecule has 0 aliphatic carbocycles. The van der Waals surface area contributed by atoms with Crippen molar-refractivity contribution >= 4 is 23.2 Å². The maximum Gasteiger partial charge on any atom is 0.317 e. The van der Waals surface area contributed by atoms with Crippen LogP contribution in [0.4, 0.5) is 10.6 Å². The highest BCUT2D eigenvalue weighted by molar-refractivity contribution is 7.09. The van der Waals surface area contributed by atoms with Gasteiger partial charge in [-0.15, -0.1) is 11.3 Å². The molecule has 1 unspecified atom stereocenters. The summed E-state index contributed by atoms with van der Waals surface area (Å²) >= 11 is 1.56. The topological polar surface area (TPSA) is 61.4 Å².